The molecular formula is C9H15ClO3. The predicted octanol–water partition coefficient (Wildman–Crippen LogP) is 1.59. The van der Waals surface area contributed by atoms with Crippen LogP contribution in [0.4, 0.5) is 0 Å². The van der Waals surface area contributed by atoms with Gasteiger partial charge >= 0.3 is 5.97 Å². The van der Waals surface area contributed by atoms with E-state index >= 15 is 0 Å². The number of hydrogen-bond acceptors (Lipinski definition) is 3. The smallest absolute Gasteiger partial charge is 0.305 e. The standard InChI is InChI=1S/C9H15ClO3/c1-9(5-12-6-9)7-13-8(11)3-2-4-10/h2-7H2,1H3. The Hall–Kier alpha value is -0.280. The molecule has 0 N–H and O–H groups in total. The van der Waals surface area contributed by atoms with Crippen LogP contribution in [0.15, 0.2) is 0 Å². The minimum Gasteiger partial charge on any atom is -0.465 e. The lowest BCUT2D eigenvalue weighted by Gasteiger charge is -2.37. The van der Waals surface area contributed by atoms with Gasteiger partial charge in [-0.3, -0.25) is 4.79 Å². The van der Waals surface area contributed by atoms with Crippen LogP contribution in [0, 0.1) is 5.41 Å². The molecule has 0 aromatic rings. The summed E-state index contributed by atoms with van der Waals surface area (Å²) in [5.74, 6) is 0.351. The molecule has 0 amide bonds. The van der Waals surface area contributed by atoms with Crippen LogP contribution in [-0.4, -0.2) is 31.7 Å². The molecule has 76 valence electrons. The Bertz CT molecular complexity index is 178. The highest BCUT2D eigenvalue weighted by atomic mass is 35.5. The van der Waals surface area contributed by atoms with Crippen molar-refractivity contribution >= 4 is 17.6 Å². The molecule has 0 aromatic carbocycles. The third kappa shape index (κ3) is 3.53. The zero-order chi connectivity index (χ0) is 9.73. The van der Waals surface area contributed by atoms with E-state index in [1.54, 1.807) is 0 Å². The molecule has 0 radical (unpaired) electrons. The van der Waals surface area contributed by atoms with Crippen LogP contribution < -0.4 is 0 Å². The summed E-state index contributed by atoms with van der Waals surface area (Å²) in [7, 11) is 0. The van der Waals surface area contributed by atoms with Crippen molar-refractivity contribution in [1.29, 1.82) is 0 Å². The van der Waals surface area contributed by atoms with Crippen LogP contribution in [0.25, 0.3) is 0 Å². The van der Waals surface area contributed by atoms with E-state index in [4.69, 9.17) is 21.1 Å². The van der Waals surface area contributed by atoms with Gasteiger partial charge in [-0.05, 0) is 6.42 Å². The second-order valence-corrected chi connectivity index (χ2v) is 4.13. The highest BCUT2D eigenvalue weighted by molar-refractivity contribution is 6.17. The highest BCUT2D eigenvalue weighted by Gasteiger charge is 2.34. The average Bonchev–Trinajstić information content (AvgIpc) is 2.08. The first kappa shape index (κ1) is 10.8. The molecule has 0 unspecified atom stereocenters. The molecule has 0 spiro atoms. The van der Waals surface area contributed by atoms with Gasteiger partial charge in [0.05, 0.1) is 13.2 Å². The Balaban J connectivity index is 2.07. The summed E-state index contributed by atoms with van der Waals surface area (Å²) in [4.78, 5) is 11.1. The van der Waals surface area contributed by atoms with E-state index in [9.17, 15) is 4.79 Å². The van der Waals surface area contributed by atoms with Crippen LogP contribution in [0.1, 0.15) is 19.8 Å². The molecule has 1 heterocycles. The topological polar surface area (TPSA) is 35.5 Å². The third-order valence-electron chi connectivity index (χ3n) is 2.00. The number of carbonyl (C=O) groups is 1. The zero-order valence-electron chi connectivity index (χ0n) is 7.85. The molecule has 3 nitrogen and oxygen atoms in total. The molecule has 1 fully saturated rings. The van der Waals surface area contributed by atoms with Crippen molar-refractivity contribution in [1.82, 2.24) is 0 Å². The monoisotopic (exact) mass is 206 g/mol. The van der Waals surface area contributed by atoms with E-state index in [2.05, 4.69) is 0 Å². The Kier molecular flexibility index (Phi) is 4.00. The van der Waals surface area contributed by atoms with Crippen LogP contribution in [0.2, 0.25) is 0 Å². The summed E-state index contributed by atoms with van der Waals surface area (Å²) < 4.78 is 10.1. The molecule has 1 saturated heterocycles. The summed E-state index contributed by atoms with van der Waals surface area (Å²) in [6.07, 6.45) is 1.11. The highest BCUT2D eigenvalue weighted by Crippen LogP contribution is 2.26. The Morgan fingerprint density at radius 1 is 1.62 bits per heavy atom. The van der Waals surface area contributed by atoms with Gasteiger partial charge in [0.2, 0.25) is 0 Å². The summed E-state index contributed by atoms with van der Waals surface area (Å²) in [5, 5.41) is 0. The molecular weight excluding hydrogens is 192 g/mol. The van der Waals surface area contributed by atoms with Gasteiger partial charge in [0, 0.05) is 17.7 Å². The number of rotatable bonds is 5. The van der Waals surface area contributed by atoms with Crippen molar-refractivity contribution in [2.24, 2.45) is 5.41 Å². The van der Waals surface area contributed by atoms with Crippen molar-refractivity contribution in [3.05, 3.63) is 0 Å². The van der Waals surface area contributed by atoms with Crippen LogP contribution in [-0.2, 0) is 14.3 Å². The maximum absolute atomic E-state index is 11.1. The summed E-state index contributed by atoms with van der Waals surface area (Å²) in [5.41, 5.74) is 0.0522. The van der Waals surface area contributed by atoms with Gasteiger partial charge < -0.3 is 9.47 Å². The van der Waals surface area contributed by atoms with E-state index in [0.29, 0.717) is 38.5 Å². The third-order valence-corrected chi connectivity index (χ3v) is 2.26. The van der Waals surface area contributed by atoms with Gasteiger partial charge in [-0.2, -0.15) is 0 Å². The Morgan fingerprint density at radius 3 is 2.77 bits per heavy atom. The largest absolute Gasteiger partial charge is 0.465 e. The lowest BCUT2D eigenvalue weighted by Crippen LogP contribution is -2.44. The van der Waals surface area contributed by atoms with Gasteiger partial charge in [-0.25, -0.2) is 0 Å². The molecule has 0 saturated carbocycles. The molecule has 1 aliphatic rings. The first-order valence-corrected chi connectivity index (χ1v) is 4.99. The number of esters is 1. The van der Waals surface area contributed by atoms with Gasteiger partial charge in [-0.15, -0.1) is 11.6 Å². The van der Waals surface area contributed by atoms with Crippen LogP contribution in [0.3, 0.4) is 0 Å². The Morgan fingerprint density at radius 2 is 2.31 bits per heavy atom. The molecule has 1 aliphatic heterocycles. The molecule has 0 bridgehead atoms. The first-order valence-electron chi connectivity index (χ1n) is 4.46. The number of ether oxygens (including phenoxy) is 2. The Labute approximate surface area is 83.3 Å². The quantitative estimate of drug-likeness (QED) is 0.506. The van der Waals surface area contributed by atoms with Crippen molar-refractivity contribution < 1.29 is 14.3 Å². The van der Waals surface area contributed by atoms with E-state index in [0.717, 1.165) is 0 Å². The number of carbonyl (C=O) groups excluding carboxylic acids is 1. The molecule has 4 heteroatoms. The summed E-state index contributed by atoms with van der Waals surface area (Å²) in [6, 6.07) is 0. The molecule has 0 aliphatic carbocycles. The van der Waals surface area contributed by atoms with Gasteiger partial charge in [-0.1, -0.05) is 6.92 Å². The minimum atomic E-state index is -0.159. The fraction of sp³-hybridized carbons (Fsp3) is 0.889. The van der Waals surface area contributed by atoms with Gasteiger partial charge in [0.15, 0.2) is 0 Å². The SMILES string of the molecule is CC1(COC(=O)CCCCl)COC1. The second kappa shape index (κ2) is 4.82. The van der Waals surface area contributed by atoms with Gasteiger partial charge in [0.25, 0.3) is 0 Å². The summed E-state index contributed by atoms with van der Waals surface area (Å²) in [6.45, 7) is 3.89. The van der Waals surface area contributed by atoms with Crippen molar-refractivity contribution in [3.8, 4) is 0 Å². The van der Waals surface area contributed by atoms with Gasteiger partial charge in [0.1, 0.15) is 6.61 Å². The lowest BCUT2D eigenvalue weighted by atomic mass is 9.90. The molecule has 0 aromatic heterocycles. The number of alkyl halides is 1. The summed E-state index contributed by atoms with van der Waals surface area (Å²) >= 11 is 5.45. The van der Waals surface area contributed by atoms with E-state index in [1.807, 2.05) is 6.92 Å². The lowest BCUT2D eigenvalue weighted by molar-refractivity contribution is -0.165. The van der Waals surface area contributed by atoms with Crippen LogP contribution in [0.5, 0.6) is 0 Å². The molecule has 0 atom stereocenters. The average molecular weight is 207 g/mol. The second-order valence-electron chi connectivity index (χ2n) is 3.76. The fourth-order valence-electron chi connectivity index (χ4n) is 1.07. The molecule has 1 rings (SSSR count). The molecule has 13 heavy (non-hydrogen) atoms. The number of hydrogen-bond donors (Lipinski definition) is 0. The van der Waals surface area contributed by atoms with E-state index in [-0.39, 0.29) is 11.4 Å². The fourth-order valence-corrected chi connectivity index (χ4v) is 1.21. The van der Waals surface area contributed by atoms with Crippen molar-refractivity contribution in [3.63, 3.8) is 0 Å². The maximum Gasteiger partial charge on any atom is 0.305 e. The van der Waals surface area contributed by atoms with Crippen molar-refractivity contribution in [2.45, 2.75) is 19.8 Å². The minimum absolute atomic E-state index is 0.0522. The zero-order valence-corrected chi connectivity index (χ0v) is 8.60. The maximum atomic E-state index is 11.1. The van der Waals surface area contributed by atoms with E-state index < -0.39 is 0 Å². The number of halogens is 1. The van der Waals surface area contributed by atoms with Crippen molar-refractivity contribution in [2.75, 3.05) is 25.7 Å². The predicted molar refractivity (Wildman–Crippen MR) is 49.8 cm³/mol. The van der Waals surface area contributed by atoms with E-state index in [1.165, 1.54) is 0 Å². The first-order chi connectivity index (χ1) is 6.16. The normalized spacial score (nSPS) is 19.2. The van der Waals surface area contributed by atoms with Crippen LogP contribution >= 0.6 is 11.6 Å².